The lowest BCUT2D eigenvalue weighted by Crippen LogP contribution is -2.22. The molecule has 22 heavy (non-hydrogen) atoms. The zero-order chi connectivity index (χ0) is 15.7. The Balaban J connectivity index is 1.76. The first-order valence-corrected chi connectivity index (χ1v) is 7.88. The molecule has 116 valence electrons. The normalized spacial score (nSPS) is 11.9. The van der Waals surface area contributed by atoms with Crippen LogP contribution in [0.3, 0.4) is 0 Å². The van der Waals surface area contributed by atoms with Gasteiger partial charge in [-0.05, 0) is 31.2 Å². The molecule has 8 nitrogen and oxygen atoms in total. The maximum absolute atomic E-state index is 12.1. The van der Waals surface area contributed by atoms with Crippen LogP contribution in [0.5, 0.6) is 0 Å². The van der Waals surface area contributed by atoms with Gasteiger partial charge in [0.25, 0.3) is 15.9 Å². The fourth-order valence-electron chi connectivity index (χ4n) is 1.79. The molecule has 3 heterocycles. The summed E-state index contributed by atoms with van der Waals surface area (Å²) < 4.78 is 42.4. The van der Waals surface area contributed by atoms with Gasteiger partial charge in [0.15, 0.2) is 5.76 Å². The molecule has 3 rings (SSSR count). The van der Waals surface area contributed by atoms with Gasteiger partial charge in [0.1, 0.15) is 11.5 Å². The Kier molecular flexibility index (Phi) is 3.59. The van der Waals surface area contributed by atoms with Gasteiger partial charge in [-0.25, -0.2) is 13.1 Å². The lowest BCUT2D eigenvalue weighted by atomic mass is 10.4. The van der Waals surface area contributed by atoms with Gasteiger partial charge in [-0.15, -0.1) is 10.2 Å². The summed E-state index contributed by atoms with van der Waals surface area (Å²) in [6.07, 6.45) is 0. The second-order valence-corrected chi connectivity index (χ2v) is 6.28. The Morgan fingerprint density at radius 2 is 1.86 bits per heavy atom. The maximum atomic E-state index is 12.1. The van der Waals surface area contributed by atoms with Crippen molar-refractivity contribution in [2.75, 3.05) is 0 Å². The van der Waals surface area contributed by atoms with Crippen molar-refractivity contribution >= 4 is 10.0 Å². The van der Waals surface area contributed by atoms with Crippen LogP contribution < -0.4 is 4.72 Å². The third-order valence-corrected chi connectivity index (χ3v) is 4.09. The van der Waals surface area contributed by atoms with E-state index in [0.717, 1.165) is 0 Å². The van der Waals surface area contributed by atoms with Gasteiger partial charge < -0.3 is 13.3 Å². The largest absolute Gasteiger partial charge is 0.465 e. The lowest BCUT2D eigenvalue weighted by Gasteiger charge is -2.01. The highest BCUT2D eigenvalue weighted by Crippen LogP contribution is 2.23. The van der Waals surface area contributed by atoms with E-state index in [4.69, 9.17) is 13.3 Å². The molecule has 0 unspecified atom stereocenters. The van der Waals surface area contributed by atoms with E-state index in [-0.39, 0.29) is 23.3 Å². The lowest BCUT2D eigenvalue weighted by molar-refractivity contribution is 0.431. The van der Waals surface area contributed by atoms with Crippen LogP contribution in [0.1, 0.15) is 17.4 Å². The molecule has 0 aliphatic carbocycles. The van der Waals surface area contributed by atoms with Gasteiger partial charge in [0.2, 0.25) is 11.0 Å². The quantitative estimate of drug-likeness (QED) is 0.764. The average Bonchev–Trinajstić information content (AvgIpc) is 3.16. The van der Waals surface area contributed by atoms with E-state index in [1.807, 2.05) is 0 Å². The van der Waals surface area contributed by atoms with Gasteiger partial charge in [0.05, 0.1) is 6.54 Å². The molecule has 0 radical (unpaired) electrons. The van der Waals surface area contributed by atoms with E-state index in [9.17, 15) is 8.42 Å². The molecule has 0 saturated heterocycles. The highest BCUT2D eigenvalue weighted by Gasteiger charge is 2.21. The molecule has 9 heteroatoms. The highest BCUT2D eigenvalue weighted by molar-refractivity contribution is 7.89. The zero-order valence-electron chi connectivity index (χ0n) is 11.9. The number of rotatable bonds is 5. The number of aryl methyl sites for hydroxylation is 2. The summed E-state index contributed by atoms with van der Waals surface area (Å²) >= 11 is 0. The van der Waals surface area contributed by atoms with Gasteiger partial charge in [-0.1, -0.05) is 0 Å². The molecule has 3 aromatic rings. The fourth-order valence-corrected chi connectivity index (χ4v) is 2.71. The van der Waals surface area contributed by atoms with E-state index in [2.05, 4.69) is 14.9 Å². The number of nitrogens with zero attached hydrogens (tertiary/aromatic N) is 2. The van der Waals surface area contributed by atoms with Crippen molar-refractivity contribution in [3.63, 3.8) is 0 Å². The number of hydrogen-bond donors (Lipinski definition) is 1. The SMILES string of the molecule is Cc1ccc(CNS(=O)(=O)c2ccc(-c3nnc(C)o3)o2)o1. The summed E-state index contributed by atoms with van der Waals surface area (Å²) in [5.74, 6) is 1.90. The molecule has 0 amide bonds. The van der Waals surface area contributed by atoms with Crippen molar-refractivity contribution in [3.05, 3.63) is 41.7 Å². The van der Waals surface area contributed by atoms with Crippen LogP contribution in [-0.2, 0) is 16.6 Å². The van der Waals surface area contributed by atoms with Crippen LogP contribution in [0.2, 0.25) is 0 Å². The third-order valence-electron chi connectivity index (χ3n) is 2.82. The van der Waals surface area contributed by atoms with Crippen LogP contribution in [0.4, 0.5) is 0 Å². The molecule has 0 aliphatic heterocycles. The van der Waals surface area contributed by atoms with Crippen LogP contribution in [0.25, 0.3) is 11.7 Å². The van der Waals surface area contributed by atoms with Gasteiger partial charge in [-0.3, -0.25) is 0 Å². The first kappa shape index (κ1) is 14.5. The summed E-state index contributed by atoms with van der Waals surface area (Å²) in [6, 6.07) is 6.24. The molecule has 1 N–H and O–H groups in total. The Labute approximate surface area is 126 Å². The maximum Gasteiger partial charge on any atom is 0.283 e. The molecule has 3 aromatic heterocycles. The Bertz CT molecular complexity index is 890. The van der Waals surface area contributed by atoms with E-state index in [1.165, 1.54) is 12.1 Å². The Morgan fingerprint density at radius 3 is 2.50 bits per heavy atom. The predicted molar refractivity (Wildman–Crippen MR) is 74.2 cm³/mol. The molecule has 0 fully saturated rings. The van der Waals surface area contributed by atoms with Crippen LogP contribution >= 0.6 is 0 Å². The minimum atomic E-state index is -3.80. The topological polar surface area (TPSA) is 111 Å². The summed E-state index contributed by atoms with van der Waals surface area (Å²) in [5, 5.41) is 7.19. The number of aromatic nitrogens is 2. The molecule has 0 bridgehead atoms. The first-order chi connectivity index (χ1) is 10.4. The van der Waals surface area contributed by atoms with Crippen LogP contribution in [0.15, 0.2) is 42.6 Å². The minimum absolute atomic E-state index is 0.0336. The minimum Gasteiger partial charge on any atom is -0.465 e. The summed E-state index contributed by atoms with van der Waals surface area (Å²) in [6.45, 7) is 3.44. The van der Waals surface area contributed by atoms with E-state index in [1.54, 1.807) is 26.0 Å². The average molecular weight is 323 g/mol. The number of hydrogen-bond acceptors (Lipinski definition) is 7. The Morgan fingerprint density at radius 1 is 1.05 bits per heavy atom. The number of nitrogens with one attached hydrogen (secondary N) is 1. The van der Waals surface area contributed by atoms with Crippen molar-refractivity contribution in [1.82, 2.24) is 14.9 Å². The molecular weight excluding hydrogens is 310 g/mol. The van der Waals surface area contributed by atoms with Crippen LogP contribution in [-0.4, -0.2) is 18.6 Å². The van der Waals surface area contributed by atoms with Gasteiger partial charge in [-0.2, -0.15) is 0 Å². The summed E-state index contributed by atoms with van der Waals surface area (Å²) in [7, 11) is -3.80. The third kappa shape index (κ3) is 2.95. The van der Waals surface area contributed by atoms with Crippen LogP contribution in [0, 0.1) is 13.8 Å². The second kappa shape index (κ2) is 5.43. The van der Waals surface area contributed by atoms with Crippen molar-refractivity contribution in [3.8, 4) is 11.7 Å². The monoisotopic (exact) mass is 323 g/mol. The molecule has 0 saturated carbocycles. The second-order valence-electron chi connectivity index (χ2n) is 4.58. The van der Waals surface area contributed by atoms with Crippen molar-refractivity contribution < 1.29 is 21.7 Å². The van der Waals surface area contributed by atoms with E-state index >= 15 is 0 Å². The summed E-state index contributed by atoms with van der Waals surface area (Å²) in [5.41, 5.74) is 0. The number of sulfonamides is 1. The van der Waals surface area contributed by atoms with Crippen molar-refractivity contribution in [1.29, 1.82) is 0 Å². The molecular formula is C13H13N3O5S. The first-order valence-electron chi connectivity index (χ1n) is 6.39. The van der Waals surface area contributed by atoms with E-state index in [0.29, 0.717) is 17.4 Å². The Hall–Kier alpha value is -2.39. The van der Waals surface area contributed by atoms with Crippen molar-refractivity contribution in [2.45, 2.75) is 25.5 Å². The zero-order valence-corrected chi connectivity index (χ0v) is 12.7. The van der Waals surface area contributed by atoms with E-state index < -0.39 is 10.0 Å². The smallest absolute Gasteiger partial charge is 0.283 e. The highest BCUT2D eigenvalue weighted by atomic mass is 32.2. The molecule has 0 spiro atoms. The number of furan rings is 2. The van der Waals surface area contributed by atoms with Gasteiger partial charge >= 0.3 is 0 Å². The van der Waals surface area contributed by atoms with Gasteiger partial charge in [0, 0.05) is 6.92 Å². The summed E-state index contributed by atoms with van der Waals surface area (Å²) in [4.78, 5) is 0. The molecule has 0 atom stereocenters. The standard InChI is InChI=1S/C13H13N3O5S/c1-8-3-4-10(19-8)7-14-22(17,18)12-6-5-11(21-12)13-16-15-9(2)20-13/h3-6,14H,7H2,1-2H3. The molecule has 0 aliphatic rings. The predicted octanol–water partition coefficient (Wildman–Crippen LogP) is 2.02. The van der Waals surface area contributed by atoms with Crippen molar-refractivity contribution in [2.24, 2.45) is 0 Å². The fraction of sp³-hybridized carbons (Fsp3) is 0.231. The molecule has 0 aromatic carbocycles.